The van der Waals surface area contributed by atoms with E-state index in [1.54, 1.807) is 0 Å². The molecule has 1 aliphatic rings. The summed E-state index contributed by atoms with van der Waals surface area (Å²) in [5, 5.41) is 8.98. The summed E-state index contributed by atoms with van der Waals surface area (Å²) in [6.07, 6.45) is 3.31. The molecule has 4 heteroatoms. The van der Waals surface area contributed by atoms with Crippen LogP contribution in [0.3, 0.4) is 0 Å². The zero-order valence-electron chi connectivity index (χ0n) is 18.2. The van der Waals surface area contributed by atoms with Crippen LogP contribution in [0.4, 0.5) is 4.39 Å². The summed E-state index contributed by atoms with van der Waals surface area (Å²) >= 11 is 1.82. The lowest BCUT2D eigenvalue weighted by Gasteiger charge is -2.29. The Balaban J connectivity index is 1.72. The summed E-state index contributed by atoms with van der Waals surface area (Å²) in [4.78, 5) is 12.2. The maximum atomic E-state index is 14.0. The highest BCUT2D eigenvalue weighted by molar-refractivity contribution is 8.01. The molecule has 0 radical (unpaired) electrons. The molecule has 3 aromatic rings. The van der Waals surface area contributed by atoms with E-state index in [4.69, 9.17) is 5.11 Å². The first-order valence-corrected chi connectivity index (χ1v) is 11.3. The van der Waals surface area contributed by atoms with Crippen molar-refractivity contribution in [3.05, 3.63) is 106 Å². The molecule has 1 heterocycles. The minimum Gasteiger partial charge on any atom is -0.478 e. The Hall–Kier alpha value is -3.29. The molecule has 160 valence electrons. The monoisotopic (exact) mass is 442 g/mol. The molecule has 2 nitrogen and oxygen atoms in total. The Bertz CT molecular complexity index is 1290. The third-order valence-corrected chi connectivity index (χ3v) is 6.58. The fourth-order valence-corrected chi connectivity index (χ4v) is 4.87. The van der Waals surface area contributed by atoms with Crippen molar-refractivity contribution in [3.63, 3.8) is 0 Å². The van der Waals surface area contributed by atoms with E-state index >= 15 is 0 Å². The average molecular weight is 443 g/mol. The number of hydrogen-bond acceptors (Lipinski definition) is 2. The van der Waals surface area contributed by atoms with Gasteiger partial charge in [0.15, 0.2) is 0 Å². The van der Waals surface area contributed by atoms with Crippen LogP contribution in [0, 0.1) is 17.7 Å². The Kier molecular flexibility index (Phi) is 5.95. The highest BCUT2D eigenvalue weighted by Crippen LogP contribution is 2.46. The quantitative estimate of drug-likeness (QED) is 0.453. The van der Waals surface area contributed by atoms with Gasteiger partial charge in [0.05, 0.1) is 5.56 Å². The second-order valence-corrected chi connectivity index (χ2v) is 9.97. The van der Waals surface area contributed by atoms with Crippen molar-refractivity contribution in [1.29, 1.82) is 0 Å². The standard InChI is InChI=1S/C28H23FO2S/c1-4-18-7-11-21(12-8-18)24-17-28(2,3)32-26-14-10-19(15-23(24)26)5-6-20-9-13-22(27(30)31)25(29)16-20/h7-17H,4H2,1-3H3,(H,30,31). The highest BCUT2D eigenvalue weighted by Gasteiger charge is 2.26. The fraction of sp³-hybridized carbons (Fsp3) is 0.179. The van der Waals surface area contributed by atoms with Gasteiger partial charge in [-0.3, -0.25) is 0 Å². The highest BCUT2D eigenvalue weighted by atomic mass is 32.2. The molecule has 4 rings (SSSR count). The van der Waals surface area contributed by atoms with Gasteiger partial charge in [0, 0.05) is 20.8 Å². The predicted octanol–water partition coefficient (Wildman–Crippen LogP) is 6.80. The molecule has 0 fully saturated rings. The van der Waals surface area contributed by atoms with E-state index in [9.17, 15) is 9.18 Å². The van der Waals surface area contributed by atoms with Gasteiger partial charge in [-0.25, -0.2) is 9.18 Å². The number of fused-ring (bicyclic) bond motifs is 1. The number of hydrogen-bond donors (Lipinski definition) is 1. The number of carboxylic acid groups (broad SMARTS) is 1. The van der Waals surface area contributed by atoms with Gasteiger partial charge in [0.1, 0.15) is 5.82 Å². The van der Waals surface area contributed by atoms with Crippen LogP contribution < -0.4 is 0 Å². The molecule has 0 bridgehead atoms. The van der Waals surface area contributed by atoms with Crippen molar-refractivity contribution in [2.75, 3.05) is 0 Å². The summed E-state index contributed by atoms with van der Waals surface area (Å²) in [5.74, 6) is 3.98. The molecule has 0 saturated heterocycles. The summed E-state index contributed by atoms with van der Waals surface area (Å²) in [7, 11) is 0. The molecular weight excluding hydrogens is 419 g/mol. The molecule has 3 aromatic carbocycles. The van der Waals surface area contributed by atoms with Crippen LogP contribution in [0.2, 0.25) is 0 Å². The van der Waals surface area contributed by atoms with Crippen LogP contribution in [0.25, 0.3) is 5.57 Å². The van der Waals surface area contributed by atoms with Gasteiger partial charge in [0.25, 0.3) is 0 Å². The number of halogens is 1. The average Bonchev–Trinajstić information content (AvgIpc) is 2.76. The molecule has 0 atom stereocenters. The van der Waals surface area contributed by atoms with Crippen molar-refractivity contribution in [1.82, 2.24) is 0 Å². The Morgan fingerprint density at radius 3 is 2.28 bits per heavy atom. The van der Waals surface area contributed by atoms with Gasteiger partial charge < -0.3 is 5.11 Å². The van der Waals surface area contributed by atoms with Gasteiger partial charge in [-0.1, -0.05) is 49.1 Å². The van der Waals surface area contributed by atoms with E-state index < -0.39 is 11.8 Å². The number of benzene rings is 3. The normalized spacial score (nSPS) is 14.1. The van der Waals surface area contributed by atoms with Crippen LogP contribution >= 0.6 is 11.8 Å². The fourth-order valence-electron chi connectivity index (χ4n) is 3.71. The molecule has 0 amide bonds. The predicted molar refractivity (Wildman–Crippen MR) is 129 cm³/mol. The number of rotatable bonds is 3. The molecule has 0 saturated carbocycles. The van der Waals surface area contributed by atoms with Gasteiger partial charge >= 0.3 is 5.97 Å². The van der Waals surface area contributed by atoms with Crippen molar-refractivity contribution >= 4 is 23.3 Å². The largest absolute Gasteiger partial charge is 0.478 e. The molecule has 0 aromatic heterocycles. The lowest BCUT2D eigenvalue weighted by atomic mass is 9.92. The number of aryl methyl sites for hydroxylation is 1. The van der Waals surface area contributed by atoms with E-state index in [1.165, 1.54) is 33.7 Å². The van der Waals surface area contributed by atoms with Crippen LogP contribution in [-0.4, -0.2) is 15.8 Å². The molecule has 1 N–H and O–H groups in total. The van der Waals surface area contributed by atoms with E-state index in [0.29, 0.717) is 5.56 Å². The molecule has 1 aliphatic heterocycles. The first-order valence-electron chi connectivity index (χ1n) is 10.5. The van der Waals surface area contributed by atoms with Crippen molar-refractivity contribution < 1.29 is 14.3 Å². The Morgan fingerprint density at radius 2 is 1.66 bits per heavy atom. The van der Waals surface area contributed by atoms with Crippen molar-refractivity contribution in [3.8, 4) is 11.8 Å². The zero-order chi connectivity index (χ0) is 22.9. The second kappa shape index (κ2) is 8.68. The zero-order valence-corrected chi connectivity index (χ0v) is 19.0. The van der Waals surface area contributed by atoms with E-state index in [2.05, 4.69) is 75.1 Å². The molecule has 0 spiro atoms. The third-order valence-electron chi connectivity index (χ3n) is 5.36. The van der Waals surface area contributed by atoms with Crippen molar-refractivity contribution in [2.24, 2.45) is 0 Å². The summed E-state index contributed by atoms with van der Waals surface area (Å²) in [5.41, 5.74) is 5.71. The number of carboxylic acids is 1. The van der Waals surface area contributed by atoms with Crippen LogP contribution in [0.5, 0.6) is 0 Å². The molecule has 32 heavy (non-hydrogen) atoms. The molecule has 0 aliphatic carbocycles. The van der Waals surface area contributed by atoms with Gasteiger partial charge in [-0.05, 0) is 78.9 Å². The lowest BCUT2D eigenvalue weighted by molar-refractivity contribution is 0.0692. The summed E-state index contributed by atoms with van der Waals surface area (Å²) in [6.45, 7) is 6.57. The lowest BCUT2D eigenvalue weighted by Crippen LogP contribution is -2.16. The maximum absolute atomic E-state index is 14.0. The Labute approximate surface area is 192 Å². The molecular formula is C28H23FO2S. The van der Waals surface area contributed by atoms with Gasteiger partial charge in [-0.2, -0.15) is 0 Å². The number of aromatic carboxylic acids is 1. The minimum atomic E-state index is -1.29. The van der Waals surface area contributed by atoms with Gasteiger partial charge in [-0.15, -0.1) is 11.8 Å². The SMILES string of the molecule is CCc1ccc(C2=CC(C)(C)Sc3ccc(C#Cc4ccc(C(=O)O)c(F)c4)cc32)cc1. The third kappa shape index (κ3) is 4.64. The van der Waals surface area contributed by atoms with Gasteiger partial charge in [0.2, 0.25) is 0 Å². The van der Waals surface area contributed by atoms with E-state index in [1.807, 2.05) is 17.8 Å². The maximum Gasteiger partial charge on any atom is 0.338 e. The second-order valence-electron chi connectivity index (χ2n) is 8.27. The smallest absolute Gasteiger partial charge is 0.338 e. The molecule has 0 unspecified atom stereocenters. The van der Waals surface area contributed by atoms with Crippen molar-refractivity contribution in [2.45, 2.75) is 36.8 Å². The summed E-state index contributed by atoms with van der Waals surface area (Å²) in [6, 6.07) is 18.8. The topological polar surface area (TPSA) is 37.3 Å². The van der Waals surface area contributed by atoms with Crippen LogP contribution in [0.1, 0.15) is 58.9 Å². The van der Waals surface area contributed by atoms with Crippen LogP contribution in [-0.2, 0) is 6.42 Å². The first-order chi connectivity index (χ1) is 15.3. The first kappa shape index (κ1) is 21.9. The van der Waals surface area contributed by atoms with Crippen LogP contribution in [0.15, 0.2) is 71.6 Å². The summed E-state index contributed by atoms with van der Waals surface area (Å²) < 4.78 is 13.9. The minimum absolute atomic E-state index is 0.0254. The number of thioether (sulfide) groups is 1. The van der Waals surface area contributed by atoms with E-state index in [0.717, 1.165) is 23.6 Å². The number of carbonyl (C=O) groups is 1. The van der Waals surface area contributed by atoms with E-state index in [-0.39, 0.29) is 10.3 Å². The Morgan fingerprint density at radius 1 is 1.00 bits per heavy atom.